The molecule has 0 aliphatic carbocycles. The van der Waals surface area contributed by atoms with E-state index in [0.717, 1.165) is 16.9 Å². The number of hydrogen-bond acceptors (Lipinski definition) is 4. The fourth-order valence-corrected chi connectivity index (χ4v) is 3.74. The summed E-state index contributed by atoms with van der Waals surface area (Å²) in [5.74, 6) is 1.37. The number of methoxy groups -OCH3 is 1. The number of amides is 1. The molecule has 0 aliphatic rings. The van der Waals surface area contributed by atoms with Crippen LogP contribution in [0.5, 0.6) is 11.5 Å². The van der Waals surface area contributed by atoms with E-state index in [9.17, 15) is 9.18 Å². The minimum Gasteiger partial charge on any atom is -0.493 e. The van der Waals surface area contributed by atoms with Gasteiger partial charge in [0.1, 0.15) is 18.2 Å². The van der Waals surface area contributed by atoms with Gasteiger partial charge in [0.15, 0.2) is 11.5 Å². The van der Waals surface area contributed by atoms with E-state index >= 15 is 0 Å². The number of carbonyl (C=O) groups is 1. The van der Waals surface area contributed by atoms with Crippen molar-refractivity contribution >= 4 is 16.9 Å². The summed E-state index contributed by atoms with van der Waals surface area (Å²) in [4.78, 5) is 17.0. The third-order valence-corrected chi connectivity index (χ3v) is 5.36. The summed E-state index contributed by atoms with van der Waals surface area (Å²) < 4.78 is 27.2. The van der Waals surface area contributed by atoms with Crippen LogP contribution in [0.2, 0.25) is 0 Å². The van der Waals surface area contributed by atoms with Gasteiger partial charge in [0.25, 0.3) is 5.91 Å². The molecule has 4 aromatic rings. The van der Waals surface area contributed by atoms with Crippen LogP contribution in [-0.2, 0) is 13.0 Å². The quantitative estimate of drug-likeness (QED) is 0.360. The van der Waals surface area contributed by atoms with Crippen LogP contribution in [0, 0.1) is 5.82 Å². The van der Waals surface area contributed by atoms with Gasteiger partial charge in [-0.3, -0.25) is 4.79 Å². The first-order chi connectivity index (χ1) is 16.2. The van der Waals surface area contributed by atoms with Crippen molar-refractivity contribution in [3.63, 3.8) is 0 Å². The molecule has 0 saturated carbocycles. The van der Waals surface area contributed by atoms with E-state index in [1.165, 1.54) is 12.1 Å². The zero-order chi connectivity index (χ0) is 23.0. The predicted molar refractivity (Wildman–Crippen MR) is 125 cm³/mol. The number of aryl methyl sites for hydroxylation is 1. The van der Waals surface area contributed by atoms with Crippen LogP contribution < -0.4 is 14.8 Å². The molecule has 1 heterocycles. The van der Waals surface area contributed by atoms with E-state index < -0.39 is 11.7 Å². The number of ether oxygens (including phenoxy) is 2. The zero-order valence-electron chi connectivity index (χ0n) is 18.5. The first kappa shape index (κ1) is 22.3. The number of nitrogens with zero attached hydrogens (tertiary/aromatic N) is 2. The Morgan fingerprint density at radius 3 is 2.55 bits per heavy atom. The van der Waals surface area contributed by atoms with E-state index in [0.29, 0.717) is 44.0 Å². The van der Waals surface area contributed by atoms with Crippen LogP contribution in [0.3, 0.4) is 0 Å². The lowest BCUT2D eigenvalue weighted by molar-refractivity contribution is 0.0949. The molecule has 0 radical (unpaired) electrons. The van der Waals surface area contributed by atoms with Crippen molar-refractivity contribution in [2.45, 2.75) is 19.4 Å². The monoisotopic (exact) mass is 447 g/mol. The fraction of sp³-hybridized carbons (Fsp3) is 0.231. The van der Waals surface area contributed by atoms with E-state index in [4.69, 9.17) is 14.5 Å². The van der Waals surface area contributed by atoms with E-state index in [2.05, 4.69) is 9.88 Å². The normalized spacial score (nSPS) is 10.8. The van der Waals surface area contributed by atoms with Gasteiger partial charge in [0, 0.05) is 13.0 Å². The number of fused-ring (bicyclic) bond motifs is 1. The summed E-state index contributed by atoms with van der Waals surface area (Å²) in [6.07, 6.45) is 1.35. The fourth-order valence-electron chi connectivity index (χ4n) is 3.74. The molecule has 6 nitrogen and oxygen atoms in total. The summed E-state index contributed by atoms with van der Waals surface area (Å²) in [6.45, 7) is 1.50. The maximum atomic E-state index is 13.8. The molecule has 0 unspecified atom stereocenters. The molecule has 0 bridgehead atoms. The molecule has 1 N–H and O–H groups in total. The van der Waals surface area contributed by atoms with Gasteiger partial charge in [-0.15, -0.1) is 0 Å². The highest BCUT2D eigenvalue weighted by molar-refractivity contribution is 5.94. The Morgan fingerprint density at radius 2 is 1.73 bits per heavy atom. The van der Waals surface area contributed by atoms with E-state index in [1.807, 2.05) is 48.5 Å². The van der Waals surface area contributed by atoms with Gasteiger partial charge < -0.3 is 19.4 Å². The third-order valence-electron chi connectivity index (χ3n) is 5.36. The standard InChI is InChI=1S/C26H26FN3O3/c1-32-23-13-6-7-14-24(23)33-18-17-30-22-12-5-4-11-21(22)29-25(30)15-8-16-28-26(31)19-9-2-3-10-20(19)27/h2-7,9-14H,8,15-18H2,1H3,(H,28,31). The lowest BCUT2D eigenvalue weighted by Crippen LogP contribution is -2.26. The minimum atomic E-state index is -0.521. The van der Waals surface area contributed by atoms with Crippen LogP contribution in [0.25, 0.3) is 11.0 Å². The van der Waals surface area contributed by atoms with Gasteiger partial charge >= 0.3 is 0 Å². The molecule has 0 aliphatic heterocycles. The largest absolute Gasteiger partial charge is 0.493 e. The average Bonchev–Trinajstić information content (AvgIpc) is 3.19. The van der Waals surface area contributed by atoms with Gasteiger partial charge in [-0.2, -0.15) is 0 Å². The van der Waals surface area contributed by atoms with Gasteiger partial charge in [-0.25, -0.2) is 9.37 Å². The van der Waals surface area contributed by atoms with Gasteiger partial charge in [-0.1, -0.05) is 36.4 Å². The van der Waals surface area contributed by atoms with Crippen LogP contribution in [-0.4, -0.2) is 35.7 Å². The number of para-hydroxylation sites is 4. The van der Waals surface area contributed by atoms with Crippen molar-refractivity contribution in [1.29, 1.82) is 0 Å². The number of aromatic nitrogens is 2. The molecule has 0 atom stereocenters. The molecular formula is C26H26FN3O3. The first-order valence-electron chi connectivity index (χ1n) is 10.9. The maximum Gasteiger partial charge on any atom is 0.254 e. The summed E-state index contributed by atoms with van der Waals surface area (Å²) in [5.41, 5.74) is 2.00. The molecule has 170 valence electrons. The molecule has 3 aromatic carbocycles. The highest BCUT2D eigenvalue weighted by Crippen LogP contribution is 2.26. The summed E-state index contributed by atoms with van der Waals surface area (Å²) in [7, 11) is 1.62. The Bertz CT molecular complexity index is 1240. The molecule has 1 amide bonds. The second-order valence-electron chi connectivity index (χ2n) is 7.51. The average molecular weight is 448 g/mol. The number of carbonyl (C=O) groups excluding carboxylic acids is 1. The number of rotatable bonds is 10. The first-order valence-corrected chi connectivity index (χ1v) is 10.9. The Balaban J connectivity index is 1.38. The van der Waals surface area contributed by atoms with Crippen molar-refractivity contribution in [2.24, 2.45) is 0 Å². The number of benzene rings is 3. The molecule has 7 heteroatoms. The summed E-state index contributed by atoms with van der Waals surface area (Å²) >= 11 is 0. The molecule has 0 fully saturated rings. The smallest absolute Gasteiger partial charge is 0.254 e. The molecule has 0 saturated heterocycles. The molecular weight excluding hydrogens is 421 g/mol. The van der Waals surface area contributed by atoms with Crippen LogP contribution in [0.4, 0.5) is 4.39 Å². The number of hydrogen-bond donors (Lipinski definition) is 1. The lowest BCUT2D eigenvalue weighted by atomic mass is 10.2. The van der Waals surface area contributed by atoms with Crippen LogP contribution >= 0.6 is 0 Å². The predicted octanol–water partition coefficient (Wildman–Crippen LogP) is 4.63. The summed E-state index contributed by atoms with van der Waals surface area (Å²) in [6, 6.07) is 21.5. The Kier molecular flexibility index (Phi) is 7.19. The topological polar surface area (TPSA) is 65.4 Å². The highest BCUT2D eigenvalue weighted by Gasteiger charge is 2.13. The molecule has 0 spiro atoms. The van der Waals surface area contributed by atoms with Crippen molar-refractivity contribution in [3.05, 3.63) is 90.0 Å². The van der Waals surface area contributed by atoms with Gasteiger partial charge in [0.05, 0.1) is 30.3 Å². The van der Waals surface area contributed by atoms with Crippen molar-refractivity contribution < 1.29 is 18.7 Å². The van der Waals surface area contributed by atoms with Crippen LogP contribution in [0.15, 0.2) is 72.8 Å². The second-order valence-corrected chi connectivity index (χ2v) is 7.51. The molecule has 1 aromatic heterocycles. The number of nitrogens with one attached hydrogen (secondary N) is 1. The minimum absolute atomic E-state index is 0.0539. The zero-order valence-corrected chi connectivity index (χ0v) is 18.5. The van der Waals surface area contributed by atoms with Crippen molar-refractivity contribution in [3.8, 4) is 11.5 Å². The van der Waals surface area contributed by atoms with Crippen molar-refractivity contribution in [2.75, 3.05) is 20.3 Å². The van der Waals surface area contributed by atoms with E-state index in [1.54, 1.807) is 19.2 Å². The van der Waals surface area contributed by atoms with E-state index in [-0.39, 0.29) is 5.56 Å². The van der Waals surface area contributed by atoms with Gasteiger partial charge in [-0.05, 0) is 42.8 Å². The SMILES string of the molecule is COc1ccccc1OCCn1c(CCCNC(=O)c2ccccc2F)nc2ccccc21. The number of halogens is 1. The van der Waals surface area contributed by atoms with Gasteiger partial charge in [0.2, 0.25) is 0 Å². The van der Waals surface area contributed by atoms with Crippen molar-refractivity contribution in [1.82, 2.24) is 14.9 Å². The Hall–Kier alpha value is -3.87. The molecule has 33 heavy (non-hydrogen) atoms. The lowest BCUT2D eigenvalue weighted by Gasteiger charge is -2.13. The summed E-state index contributed by atoms with van der Waals surface area (Å²) in [5, 5.41) is 2.79. The second kappa shape index (κ2) is 10.6. The molecule has 4 rings (SSSR count). The Labute approximate surface area is 192 Å². The van der Waals surface area contributed by atoms with Crippen LogP contribution in [0.1, 0.15) is 22.6 Å². The highest BCUT2D eigenvalue weighted by atomic mass is 19.1. The third kappa shape index (κ3) is 5.31. The number of imidazole rings is 1. The Morgan fingerprint density at radius 1 is 1.00 bits per heavy atom. The maximum absolute atomic E-state index is 13.8.